The van der Waals surface area contributed by atoms with E-state index in [2.05, 4.69) is 100 Å². The van der Waals surface area contributed by atoms with Gasteiger partial charge >= 0.3 is 0 Å². The molecule has 1 fully saturated rings. The number of halogens is 1. The van der Waals surface area contributed by atoms with Gasteiger partial charge in [-0.3, -0.25) is 4.98 Å². The first-order valence-corrected chi connectivity index (χ1v) is 14.4. The molecule has 0 bridgehead atoms. The molecule has 6 rings (SSSR count). The normalized spacial score (nSPS) is 16.7. The molecule has 1 N–H and O–H groups in total. The Morgan fingerprint density at radius 1 is 0.825 bits per heavy atom. The minimum atomic E-state index is -0.115. The van der Waals surface area contributed by atoms with Crippen molar-refractivity contribution in [3.05, 3.63) is 136 Å². The lowest BCUT2D eigenvalue weighted by molar-refractivity contribution is 0.482. The number of anilines is 1. The number of pyridine rings is 1. The highest BCUT2D eigenvalue weighted by Gasteiger charge is 2.42. The van der Waals surface area contributed by atoms with Crippen LogP contribution in [0.2, 0.25) is 0 Å². The number of aromatic nitrogens is 2. The molecule has 0 spiro atoms. The van der Waals surface area contributed by atoms with E-state index < -0.39 is 0 Å². The van der Waals surface area contributed by atoms with E-state index >= 15 is 0 Å². The first kappa shape index (κ1) is 26.3. The van der Waals surface area contributed by atoms with Gasteiger partial charge in [0.2, 0.25) is 0 Å². The first-order valence-electron chi connectivity index (χ1n) is 13.2. The highest BCUT2D eigenvalue weighted by molar-refractivity contribution is 9.10. The summed E-state index contributed by atoms with van der Waals surface area (Å²) in [6, 6.07) is 32.7. The van der Waals surface area contributed by atoms with E-state index in [9.17, 15) is 0 Å². The number of benzene rings is 3. The molecule has 0 saturated carbocycles. The van der Waals surface area contributed by atoms with Gasteiger partial charge in [-0.05, 0) is 117 Å². The summed E-state index contributed by atoms with van der Waals surface area (Å²) in [5.74, 6) is 1.59. The van der Waals surface area contributed by atoms with E-state index in [1.54, 1.807) is 0 Å². The van der Waals surface area contributed by atoms with Crippen LogP contribution >= 0.6 is 28.1 Å². The lowest BCUT2D eigenvalue weighted by atomic mass is 9.96. The van der Waals surface area contributed by atoms with Crippen LogP contribution in [0.5, 0.6) is 11.5 Å². The van der Waals surface area contributed by atoms with Crippen molar-refractivity contribution in [2.24, 2.45) is 0 Å². The van der Waals surface area contributed by atoms with Crippen molar-refractivity contribution >= 4 is 38.9 Å². The molecule has 3 heterocycles. The van der Waals surface area contributed by atoms with Crippen LogP contribution in [0.4, 0.5) is 5.69 Å². The number of nitrogens with one attached hydrogen (secondary N) is 1. The third-order valence-corrected chi connectivity index (χ3v) is 8.19. The summed E-state index contributed by atoms with van der Waals surface area (Å²) in [4.78, 5) is 6.92. The molecule has 7 heteroatoms. The molecule has 1 aliphatic rings. The summed E-state index contributed by atoms with van der Waals surface area (Å²) < 4.78 is 9.45. The van der Waals surface area contributed by atoms with Crippen LogP contribution in [0, 0.1) is 20.8 Å². The molecule has 5 aromatic rings. The molecule has 2 atom stereocenters. The van der Waals surface area contributed by atoms with Crippen molar-refractivity contribution < 1.29 is 4.74 Å². The van der Waals surface area contributed by atoms with Crippen LogP contribution in [-0.4, -0.2) is 14.7 Å². The van der Waals surface area contributed by atoms with Gasteiger partial charge in [0.15, 0.2) is 5.11 Å². The van der Waals surface area contributed by atoms with E-state index in [0.29, 0.717) is 5.11 Å². The van der Waals surface area contributed by atoms with Crippen LogP contribution in [0.15, 0.2) is 108 Å². The summed E-state index contributed by atoms with van der Waals surface area (Å²) in [5.41, 5.74) is 7.79. The minimum Gasteiger partial charge on any atom is -0.457 e. The average molecular weight is 610 g/mol. The zero-order valence-electron chi connectivity index (χ0n) is 22.5. The number of hydrogen-bond donors (Lipinski definition) is 1. The van der Waals surface area contributed by atoms with Crippen molar-refractivity contribution in [3.8, 4) is 17.2 Å². The van der Waals surface area contributed by atoms with Crippen LogP contribution in [0.1, 0.15) is 40.3 Å². The van der Waals surface area contributed by atoms with Gasteiger partial charge in [0, 0.05) is 33.4 Å². The van der Waals surface area contributed by atoms with Gasteiger partial charge in [0.05, 0.1) is 17.8 Å². The first-order chi connectivity index (χ1) is 19.4. The largest absolute Gasteiger partial charge is 0.457 e. The quantitative estimate of drug-likeness (QED) is 0.196. The Hall–Kier alpha value is -3.94. The SMILES string of the molecule is Cc1ccc(Oc2ccc(N3C(=S)N[C@@H](c4ccccn4)[C@H]3c3cc(C)n(-c4ccc(Br)cc4)c3C)cc2)cc1. The number of ether oxygens (including phenoxy) is 1. The summed E-state index contributed by atoms with van der Waals surface area (Å²) in [6.07, 6.45) is 1.84. The average Bonchev–Trinajstić information content (AvgIpc) is 3.46. The Morgan fingerprint density at radius 2 is 1.48 bits per heavy atom. The fraction of sp³-hybridized carbons (Fsp3) is 0.152. The molecule has 0 unspecified atom stereocenters. The van der Waals surface area contributed by atoms with Crippen molar-refractivity contribution in [1.82, 2.24) is 14.9 Å². The third kappa shape index (κ3) is 5.03. The van der Waals surface area contributed by atoms with Gasteiger partial charge in [-0.15, -0.1) is 0 Å². The summed E-state index contributed by atoms with van der Waals surface area (Å²) in [7, 11) is 0. The highest BCUT2D eigenvalue weighted by atomic mass is 79.9. The number of nitrogens with zero attached hydrogens (tertiary/aromatic N) is 3. The second kappa shape index (κ2) is 10.9. The van der Waals surface area contributed by atoms with E-state index in [1.165, 1.54) is 16.8 Å². The Labute approximate surface area is 248 Å². The molecule has 2 aromatic heterocycles. The molecule has 0 aliphatic carbocycles. The Kier molecular flexibility index (Phi) is 7.17. The van der Waals surface area contributed by atoms with E-state index in [-0.39, 0.29) is 12.1 Å². The number of thiocarbonyl (C=S) groups is 1. The van der Waals surface area contributed by atoms with Crippen molar-refractivity contribution in [2.45, 2.75) is 32.9 Å². The van der Waals surface area contributed by atoms with Crippen molar-refractivity contribution in [3.63, 3.8) is 0 Å². The molecule has 0 amide bonds. The number of aryl methyl sites for hydroxylation is 2. The van der Waals surface area contributed by atoms with Crippen LogP contribution in [0.25, 0.3) is 5.69 Å². The number of rotatable bonds is 6. The van der Waals surface area contributed by atoms with Gasteiger partial charge in [0.1, 0.15) is 11.5 Å². The Balaban J connectivity index is 1.40. The maximum absolute atomic E-state index is 6.09. The molecule has 40 heavy (non-hydrogen) atoms. The smallest absolute Gasteiger partial charge is 0.174 e. The van der Waals surface area contributed by atoms with Gasteiger partial charge in [0.25, 0.3) is 0 Å². The molecule has 200 valence electrons. The zero-order valence-corrected chi connectivity index (χ0v) is 24.9. The van der Waals surface area contributed by atoms with Gasteiger partial charge < -0.3 is 19.5 Å². The predicted octanol–water partition coefficient (Wildman–Crippen LogP) is 8.53. The second-order valence-corrected chi connectivity index (χ2v) is 11.3. The maximum Gasteiger partial charge on any atom is 0.174 e. The molecule has 1 aliphatic heterocycles. The third-order valence-electron chi connectivity index (χ3n) is 7.34. The van der Waals surface area contributed by atoms with Crippen LogP contribution < -0.4 is 15.0 Å². The highest BCUT2D eigenvalue weighted by Crippen LogP contribution is 2.44. The van der Waals surface area contributed by atoms with Crippen LogP contribution in [-0.2, 0) is 0 Å². The molecule has 0 radical (unpaired) electrons. The summed E-state index contributed by atoms with van der Waals surface area (Å²) >= 11 is 9.52. The minimum absolute atomic E-state index is 0.0957. The van der Waals surface area contributed by atoms with E-state index in [0.717, 1.165) is 38.7 Å². The van der Waals surface area contributed by atoms with Gasteiger partial charge in [-0.2, -0.15) is 0 Å². The molecular formula is C33H29BrN4OS. The van der Waals surface area contributed by atoms with Crippen LogP contribution in [0.3, 0.4) is 0 Å². The Bertz CT molecular complexity index is 1650. The fourth-order valence-electron chi connectivity index (χ4n) is 5.44. The van der Waals surface area contributed by atoms with Gasteiger partial charge in [-0.25, -0.2) is 0 Å². The molecule has 5 nitrogen and oxygen atoms in total. The topological polar surface area (TPSA) is 42.3 Å². The fourth-order valence-corrected chi connectivity index (χ4v) is 6.05. The monoisotopic (exact) mass is 608 g/mol. The second-order valence-electron chi connectivity index (χ2n) is 10.0. The van der Waals surface area contributed by atoms with Crippen molar-refractivity contribution in [2.75, 3.05) is 4.90 Å². The summed E-state index contributed by atoms with van der Waals surface area (Å²) in [5, 5.41) is 4.25. The number of hydrogen-bond acceptors (Lipinski definition) is 3. The maximum atomic E-state index is 6.09. The lowest BCUT2D eigenvalue weighted by Crippen LogP contribution is -2.29. The molecule has 3 aromatic carbocycles. The van der Waals surface area contributed by atoms with Crippen molar-refractivity contribution in [1.29, 1.82) is 0 Å². The molecular weight excluding hydrogens is 580 g/mol. The lowest BCUT2D eigenvalue weighted by Gasteiger charge is -2.28. The van der Waals surface area contributed by atoms with Gasteiger partial charge in [-0.1, -0.05) is 39.7 Å². The predicted molar refractivity (Wildman–Crippen MR) is 169 cm³/mol. The summed E-state index contributed by atoms with van der Waals surface area (Å²) in [6.45, 7) is 6.39. The molecule has 1 saturated heterocycles. The Morgan fingerprint density at radius 3 is 2.12 bits per heavy atom. The van der Waals surface area contributed by atoms with E-state index in [1.807, 2.05) is 54.7 Å². The standard InChI is InChI=1S/C33H29BrN4OS/c1-21-7-15-27(16-8-21)39-28-17-13-26(14-18-28)38-32(31(36-33(38)40)30-6-4-5-19-35-30)29-20-22(2)37(23(29)3)25-11-9-24(34)10-12-25/h4-20,31-32H,1-3H3,(H,36,40)/t31-,32+/m0/s1. The zero-order chi connectivity index (χ0) is 27.8. The van der Waals surface area contributed by atoms with E-state index in [4.69, 9.17) is 21.9 Å².